The number of allylic oxidation sites excluding steroid dienone is 8. The van der Waals surface area contributed by atoms with Crippen molar-refractivity contribution in [1.82, 2.24) is 0 Å². The van der Waals surface area contributed by atoms with Gasteiger partial charge in [0.15, 0.2) is 6.10 Å². The van der Waals surface area contributed by atoms with Crippen LogP contribution in [0.4, 0.5) is 0 Å². The first-order valence-electron chi connectivity index (χ1n) is 20.1. The van der Waals surface area contributed by atoms with Gasteiger partial charge in [0.1, 0.15) is 12.7 Å². The standard InChI is InChI=1S/C41H73O10P/c1-3-5-7-9-11-13-15-16-17-18-19-20-21-22-23-25-27-29-31-33-41(45)51-39(37-50-52(46,47)49-35-38(43)34-42)36-48-40(44)32-30-28-26-24-14-12-10-8-6-4-2/h5,7,11,13,16-17,19-20,38-39,42-43H,3-4,6,8-10,12,14-15,18,21-37H2,1-2H3,(H,46,47)/b7-5-,13-11-,17-16-,20-19-. The molecule has 0 aliphatic rings. The Hall–Kier alpha value is -2.07. The predicted octanol–water partition coefficient (Wildman–Crippen LogP) is 10.2. The van der Waals surface area contributed by atoms with E-state index in [9.17, 15) is 24.2 Å². The number of aliphatic hydroxyl groups excluding tert-OH is 2. The Labute approximate surface area is 315 Å². The summed E-state index contributed by atoms with van der Waals surface area (Å²) in [6, 6.07) is 0. The first kappa shape index (κ1) is 49.9. The summed E-state index contributed by atoms with van der Waals surface area (Å²) in [5.41, 5.74) is 0. The van der Waals surface area contributed by atoms with E-state index in [-0.39, 0.29) is 19.4 Å². The second kappa shape index (κ2) is 37.3. The van der Waals surface area contributed by atoms with E-state index >= 15 is 0 Å². The molecule has 0 saturated carbocycles. The molecule has 0 aromatic carbocycles. The van der Waals surface area contributed by atoms with Crippen molar-refractivity contribution in [2.75, 3.05) is 26.4 Å². The van der Waals surface area contributed by atoms with E-state index in [2.05, 4.69) is 67.0 Å². The number of rotatable bonds is 37. The fourth-order valence-electron chi connectivity index (χ4n) is 5.16. The smallest absolute Gasteiger partial charge is 0.462 e. The summed E-state index contributed by atoms with van der Waals surface area (Å²) in [4.78, 5) is 34.8. The second-order valence-electron chi connectivity index (χ2n) is 13.3. The molecule has 0 rings (SSSR count). The van der Waals surface area contributed by atoms with Crippen molar-refractivity contribution in [2.24, 2.45) is 0 Å². The highest BCUT2D eigenvalue weighted by atomic mass is 31.2. The van der Waals surface area contributed by atoms with Crippen LogP contribution in [0.3, 0.4) is 0 Å². The molecule has 0 aromatic rings. The fourth-order valence-corrected chi connectivity index (χ4v) is 5.95. The number of carbonyl (C=O) groups is 2. The summed E-state index contributed by atoms with van der Waals surface area (Å²) in [6.45, 7) is 2.22. The lowest BCUT2D eigenvalue weighted by Crippen LogP contribution is -2.29. The molecule has 3 unspecified atom stereocenters. The van der Waals surface area contributed by atoms with Crippen molar-refractivity contribution in [2.45, 2.75) is 174 Å². The van der Waals surface area contributed by atoms with Crippen LogP contribution in [-0.4, -0.2) is 65.7 Å². The van der Waals surface area contributed by atoms with Crippen LogP contribution in [0, 0.1) is 0 Å². The molecule has 0 spiro atoms. The van der Waals surface area contributed by atoms with E-state index in [1.54, 1.807) is 0 Å². The van der Waals surface area contributed by atoms with Crippen molar-refractivity contribution in [3.8, 4) is 0 Å². The van der Waals surface area contributed by atoms with Crippen molar-refractivity contribution in [3.05, 3.63) is 48.6 Å². The van der Waals surface area contributed by atoms with Crippen LogP contribution < -0.4 is 0 Å². The summed E-state index contributed by atoms with van der Waals surface area (Å²) in [5.74, 6) is -0.944. The van der Waals surface area contributed by atoms with E-state index < -0.39 is 51.8 Å². The zero-order valence-electron chi connectivity index (χ0n) is 32.5. The number of carbonyl (C=O) groups excluding carboxylic acids is 2. The van der Waals surface area contributed by atoms with Crippen molar-refractivity contribution in [3.63, 3.8) is 0 Å². The lowest BCUT2D eigenvalue weighted by atomic mass is 10.1. The average Bonchev–Trinajstić information content (AvgIpc) is 3.13. The Balaban J connectivity index is 4.33. The third-order valence-electron chi connectivity index (χ3n) is 8.25. The monoisotopic (exact) mass is 756 g/mol. The normalized spacial score (nSPS) is 14.5. The lowest BCUT2D eigenvalue weighted by Gasteiger charge is -2.20. The van der Waals surface area contributed by atoms with E-state index in [1.165, 1.54) is 38.5 Å². The van der Waals surface area contributed by atoms with Gasteiger partial charge in [0.2, 0.25) is 0 Å². The largest absolute Gasteiger partial charge is 0.472 e. The molecule has 0 radical (unpaired) electrons. The minimum absolute atomic E-state index is 0.168. The van der Waals surface area contributed by atoms with Crippen LogP contribution in [0.2, 0.25) is 0 Å². The molecule has 0 aliphatic carbocycles. The summed E-state index contributed by atoms with van der Waals surface area (Å²) < 4.78 is 32.6. The quantitative estimate of drug-likeness (QED) is 0.0242. The molecule has 3 atom stereocenters. The van der Waals surface area contributed by atoms with Gasteiger partial charge in [0, 0.05) is 12.8 Å². The summed E-state index contributed by atoms with van der Waals surface area (Å²) in [7, 11) is -4.62. The Morgan fingerprint density at radius 1 is 0.596 bits per heavy atom. The number of phosphoric ester groups is 1. The number of unbranched alkanes of at least 4 members (excludes halogenated alkanes) is 15. The number of phosphoric acid groups is 1. The second-order valence-corrected chi connectivity index (χ2v) is 14.7. The van der Waals surface area contributed by atoms with Gasteiger partial charge in [-0.15, -0.1) is 0 Å². The van der Waals surface area contributed by atoms with E-state index in [4.69, 9.17) is 19.1 Å². The van der Waals surface area contributed by atoms with Gasteiger partial charge in [-0.1, -0.05) is 146 Å². The Morgan fingerprint density at radius 3 is 1.60 bits per heavy atom. The van der Waals surface area contributed by atoms with Gasteiger partial charge in [0.05, 0.1) is 19.8 Å². The molecule has 11 heteroatoms. The average molecular weight is 757 g/mol. The van der Waals surface area contributed by atoms with Gasteiger partial charge in [-0.25, -0.2) is 4.57 Å². The number of ether oxygens (including phenoxy) is 2. The highest BCUT2D eigenvalue weighted by Crippen LogP contribution is 2.43. The predicted molar refractivity (Wildman–Crippen MR) is 210 cm³/mol. The maximum atomic E-state index is 12.6. The van der Waals surface area contributed by atoms with E-state index in [0.29, 0.717) is 12.8 Å². The van der Waals surface area contributed by atoms with Crippen LogP contribution in [0.15, 0.2) is 48.6 Å². The molecule has 0 amide bonds. The first-order valence-corrected chi connectivity index (χ1v) is 21.6. The third-order valence-corrected chi connectivity index (χ3v) is 9.20. The lowest BCUT2D eigenvalue weighted by molar-refractivity contribution is -0.161. The summed E-state index contributed by atoms with van der Waals surface area (Å²) in [6.07, 6.45) is 37.9. The zero-order valence-corrected chi connectivity index (χ0v) is 33.4. The molecule has 52 heavy (non-hydrogen) atoms. The Morgan fingerprint density at radius 2 is 1.06 bits per heavy atom. The van der Waals surface area contributed by atoms with Crippen molar-refractivity contribution < 1.29 is 47.8 Å². The van der Waals surface area contributed by atoms with Gasteiger partial charge in [-0.2, -0.15) is 0 Å². The summed E-state index contributed by atoms with van der Waals surface area (Å²) >= 11 is 0. The molecule has 0 bridgehead atoms. The molecule has 0 saturated heterocycles. The Bertz CT molecular complexity index is 1010. The maximum Gasteiger partial charge on any atom is 0.472 e. The van der Waals surface area contributed by atoms with Gasteiger partial charge in [-0.3, -0.25) is 18.6 Å². The molecule has 302 valence electrons. The number of hydrogen-bond donors (Lipinski definition) is 3. The molecule has 3 N–H and O–H groups in total. The molecule has 0 fully saturated rings. The highest BCUT2D eigenvalue weighted by Gasteiger charge is 2.27. The van der Waals surface area contributed by atoms with Gasteiger partial charge >= 0.3 is 19.8 Å². The highest BCUT2D eigenvalue weighted by molar-refractivity contribution is 7.47. The minimum Gasteiger partial charge on any atom is -0.462 e. The zero-order chi connectivity index (χ0) is 38.4. The number of hydrogen-bond acceptors (Lipinski definition) is 9. The maximum absolute atomic E-state index is 12.6. The third kappa shape index (κ3) is 36.3. The van der Waals surface area contributed by atoms with Gasteiger partial charge in [0.25, 0.3) is 0 Å². The summed E-state index contributed by atoms with van der Waals surface area (Å²) in [5, 5.41) is 18.3. The van der Waals surface area contributed by atoms with E-state index in [0.717, 1.165) is 83.5 Å². The van der Waals surface area contributed by atoms with Gasteiger partial charge < -0.3 is 24.6 Å². The topological polar surface area (TPSA) is 149 Å². The first-order chi connectivity index (χ1) is 25.2. The van der Waals surface area contributed by atoms with Crippen LogP contribution in [0.5, 0.6) is 0 Å². The van der Waals surface area contributed by atoms with Crippen LogP contribution >= 0.6 is 7.82 Å². The SMILES string of the molecule is CC/C=C\C/C=C\C/C=C\C/C=C\CCCCCCCCC(=O)OC(COC(=O)CCCCCCCCCCCC)COP(=O)(O)OCC(O)CO. The molecular formula is C41H73O10P. The molecule has 0 aromatic heterocycles. The molecular weight excluding hydrogens is 683 g/mol. The van der Waals surface area contributed by atoms with Crippen molar-refractivity contribution >= 4 is 19.8 Å². The molecule has 10 nitrogen and oxygen atoms in total. The Kier molecular flexibility index (Phi) is 35.8. The number of esters is 2. The molecule has 0 heterocycles. The minimum atomic E-state index is -4.62. The van der Waals surface area contributed by atoms with Crippen LogP contribution in [0.25, 0.3) is 0 Å². The van der Waals surface area contributed by atoms with Crippen LogP contribution in [-0.2, 0) is 32.7 Å². The van der Waals surface area contributed by atoms with Gasteiger partial charge in [-0.05, 0) is 51.4 Å². The fraction of sp³-hybridized carbons (Fsp3) is 0.756. The van der Waals surface area contributed by atoms with Crippen molar-refractivity contribution in [1.29, 1.82) is 0 Å². The number of aliphatic hydroxyl groups is 2. The van der Waals surface area contributed by atoms with Crippen LogP contribution in [0.1, 0.15) is 162 Å². The molecule has 0 aliphatic heterocycles. The van der Waals surface area contributed by atoms with E-state index in [1.807, 2.05) is 0 Å².